The van der Waals surface area contributed by atoms with E-state index >= 15 is 0 Å². The number of hydrogen-bond donors (Lipinski definition) is 1. The molecule has 0 saturated carbocycles. The summed E-state index contributed by atoms with van der Waals surface area (Å²) in [4.78, 5) is 17.0. The maximum absolute atomic E-state index is 12.5. The van der Waals surface area contributed by atoms with Crippen molar-refractivity contribution < 1.29 is 18.7 Å². The average Bonchev–Trinajstić information content (AvgIpc) is 3.39. The van der Waals surface area contributed by atoms with Crippen LogP contribution >= 0.6 is 11.3 Å². The van der Waals surface area contributed by atoms with Crippen LogP contribution in [0.5, 0.6) is 5.75 Å². The first-order chi connectivity index (χ1) is 14.2. The summed E-state index contributed by atoms with van der Waals surface area (Å²) >= 11 is 1.58. The standard InChI is InChI=1S/C22H20N2O4S/c1-26-11-12-27-16-6-4-5-15(13-16)21(25)23-14-17-9-10-19(28-17)22-24-18-7-2-3-8-20(18)29-22/h2-10,13H,11-12,14H2,1H3,(H,23,25). The Kier molecular flexibility index (Phi) is 5.88. The number of aromatic nitrogens is 1. The van der Waals surface area contributed by atoms with Crippen LogP contribution < -0.4 is 10.1 Å². The fourth-order valence-electron chi connectivity index (χ4n) is 2.80. The van der Waals surface area contributed by atoms with Crippen molar-refractivity contribution >= 4 is 27.5 Å². The Morgan fingerprint density at radius 3 is 2.86 bits per heavy atom. The molecule has 1 N–H and O–H groups in total. The second kappa shape index (κ2) is 8.89. The molecule has 0 radical (unpaired) electrons. The van der Waals surface area contributed by atoms with Crippen LogP contribution in [0.15, 0.2) is 65.1 Å². The third-order valence-electron chi connectivity index (χ3n) is 4.24. The number of furan rings is 1. The van der Waals surface area contributed by atoms with E-state index in [-0.39, 0.29) is 5.91 Å². The fourth-order valence-corrected chi connectivity index (χ4v) is 3.73. The van der Waals surface area contributed by atoms with Crippen LogP contribution in [0.2, 0.25) is 0 Å². The second-order valence-corrected chi connectivity index (χ2v) is 7.34. The topological polar surface area (TPSA) is 73.6 Å². The van der Waals surface area contributed by atoms with E-state index in [2.05, 4.69) is 10.3 Å². The smallest absolute Gasteiger partial charge is 0.251 e. The van der Waals surface area contributed by atoms with Crippen LogP contribution in [0.1, 0.15) is 16.1 Å². The molecule has 29 heavy (non-hydrogen) atoms. The third-order valence-corrected chi connectivity index (χ3v) is 5.29. The van der Waals surface area contributed by atoms with Crippen molar-refractivity contribution in [3.8, 4) is 16.5 Å². The minimum atomic E-state index is -0.194. The van der Waals surface area contributed by atoms with Gasteiger partial charge in [0, 0.05) is 12.7 Å². The second-order valence-electron chi connectivity index (χ2n) is 6.30. The van der Waals surface area contributed by atoms with Crippen molar-refractivity contribution in [2.45, 2.75) is 6.54 Å². The highest BCUT2D eigenvalue weighted by atomic mass is 32.1. The SMILES string of the molecule is COCCOc1cccc(C(=O)NCc2ccc(-c3nc4ccccc4s3)o2)c1. The first-order valence-corrected chi connectivity index (χ1v) is 9.99. The Morgan fingerprint density at radius 2 is 2.00 bits per heavy atom. The predicted octanol–water partition coefficient (Wildman–Crippen LogP) is 4.51. The molecular formula is C22H20N2O4S. The Morgan fingerprint density at radius 1 is 1.10 bits per heavy atom. The normalized spacial score (nSPS) is 10.9. The molecule has 4 rings (SSSR count). The maximum Gasteiger partial charge on any atom is 0.251 e. The van der Waals surface area contributed by atoms with Gasteiger partial charge in [-0.2, -0.15) is 0 Å². The van der Waals surface area contributed by atoms with Crippen LogP contribution in [0.4, 0.5) is 0 Å². The molecule has 0 spiro atoms. The van der Waals surface area contributed by atoms with Crippen LogP contribution in [-0.2, 0) is 11.3 Å². The molecule has 7 heteroatoms. The molecule has 0 atom stereocenters. The number of nitrogens with one attached hydrogen (secondary N) is 1. The summed E-state index contributed by atoms with van der Waals surface area (Å²) in [5.41, 5.74) is 1.48. The Labute approximate surface area is 172 Å². The van der Waals surface area contributed by atoms with E-state index in [4.69, 9.17) is 13.9 Å². The van der Waals surface area contributed by atoms with Crippen molar-refractivity contribution in [3.63, 3.8) is 0 Å². The van der Waals surface area contributed by atoms with E-state index in [9.17, 15) is 4.79 Å². The number of thiazole rings is 1. The number of nitrogens with zero attached hydrogens (tertiary/aromatic N) is 1. The molecule has 0 unspecified atom stereocenters. The van der Waals surface area contributed by atoms with Crippen molar-refractivity contribution in [1.82, 2.24) is 10.3 Å². The predicted molar refractivity (Wildman–Crippen MR) is 112 cm³/mol. The molecule has 148 valence electrons. The number of carbonyl (C=O) groups excluding carboxylic acids is 1. The van der Waals surface area contributed by atoms with Gasteiger partial charge in [0.15, 0.2) is 10.8 Å². The molecule has 0 aliphatic rings. The Hall–Kier alpha value is -3.16. The summed E-state index contributed by atoms with van der Waals surface area (Å²) in [5.74, 6) is 1.80. The van der Waals surface area contributed by atoms with Gasteiger partial charge in [-0.05, 0) is 42.5 Å². The number of rotatable bonds is 8. The zero-order chi connectivity index (χ0) is 20.1. The average molecular weight is 408 g/mol. The molecule has 0 aliphatic carbocycles. The number of para-hydroxylation sites is 1. The summed E-state index contributed by atoms with van der Waals surface area (Å²) < 4.78 is 17.5. The molecular weight excluding hydrogens is 388 g/mol. The van der Waals surface area contributed by atoms with Crippen LogP contribution in [0, 0.1) is 0 Å². The van der Waals surface area contributed by atoms with Crippen LogP contribution in [0.3, 0.4) is 0 Å². The van der Waals surface area contributed by atoms with Gasteiger partial charge in [-0.15, -0.1) is 11.3 Å². The number of carbonyl (C=O) groups is 1. The lowest BCUT2D eigenvalue weighted by Gasteiger charge is -2.08. The van der Waals surface area contributed by atoms with Gasteiger partial charge in [0.2, 0.25) is 0 Å². The van der Waals surface area contributed by atoms with Gasteiger partial charge >= 0.3 is 0 Å². The zero-order valence-electron chi connectivity index (χ0n) is 15.9. The fraction of sp³-hybridized carbons (Fsp3) is 0.182. The lowest BCUT2D eigenvalue weighted by molar-refractivity contribution is 0.0947. The van der Waals surface area contributed by atoms with Gasteiger partial charge < -0.3 is 19.2 Å². The monoisotopic (exact) mass is 408 g/mol. The van der Waals surface area contributed by atoms with E-state index in [0.29, 0.717) is 42.6 Å². The maximum atomic E-state index is 12.5. The van der Waals surface area contributed by atoms with Crippen molar-refractivity contribution in [2.75, 3.05) is 20.3 Å². The quantitative estimate of drug-likeness (QED) is 0.434. The highest BCUT2D eigenvalue weighted by Gasteiger charge is 2.12. The summed E-state index contributed by atoms with van der Waals surface area (Å²) in [5, 5.41) is 3.69. The lowest BCUT2D eigenvalue weighted by Crippen LogP contribution is -2.22. The molecule has 0 saturated heterocycles. The number of ether oxygens (including phenoxy) is 2. The van der Waals surface area contributed by atoms with Gasteiger partial charge in [-0.3, -0.25) is 4.79 Å². The number of fused-ring (bicyclic) bond motifs is 1. The van der Waals surface area contributed by atoms with Gasteiger partial charge in [-0.25, -0.2) is 4.98 Å². The van der Waals surface area contributed by atoms with E-state index in [1.54, 1.807) is 36.6 Å². The first kappa shape index (κ1) is 19.2. The molecule has 2 aromatic carbocycles. The van der Waals surface area contributed by atoms with E-state index in [0.717, 1.165) is 15.2 Å². The Bertz CT molecular complexity index is 1090. The largest absolute Gasteiger partial charge is 0.491 e. The molecule has 6 nitrogen and oxygen atoms in total. The molecule has 0 fully saturated rings. The summed E-state index contributed by atoms with van der Waals surface area (Å²) in [6.45, 7) is 1.22. The van der Waals surface area contributed by atoms with Gasteiger partial charge in [0.05, 0.1) is 23.4 Å². The van der Waals surface area contributed by atoms with Crippen molar-refractivity contribution in [2.24, 2.45) is 0 Å². The number of benzene rings is 2. The molecule has 4 aromatic rings. The molecule has 2 heterocycles. The highest BCUT2D eigenvalue weighted by Crippen LogP contribution is 2.31. The summed E-state index contributed by atoms with van der Waals surface area (Å²) in [6, 6.07) is 18.7. The number of methoxy groups -OCH3 is 1. The van der Waals surface area contributed by atoms with E-state index in [1.165, 1.54) is 0 Å². The third kappa shape index (κ3) is 4.64. The van der Waals surface area contributed by atoms with Crippen LogP contribution in [0.25, 0.3) is 21.0 Å². The van der Waals surface area contributed by atoms with Gasteiger partial charge in [-0.1, -0.05) is 18.2 Å². The Balaban J connectivity index is 1.38. The zero-order valence-corrected chi connectivity index (χ0v) is 16.7. The number of amides is 1. The first-order valence-electron chi connectivity index (χ1n) is 9.17. The summed E-state index contributed by atoms with van der Waals surface area (Å²) in [7, 11) is 1.62. The van der Waals surface area contributed by atoms with Gasteiger partial charge in [0.1, 0.15) is 18.1 Å². The van der Waals surface area contributed by atoms with Crippen molar-refractivity contribution in [3.05, 3.63) is 72.0 Å². The molecule has 0 aliphatic heterocycles. The van der Waals surface area contributed by atoms with Crippen molar-refractivity contribution in [1.29, 1.82) is 0 Å². The lowest BCUT2D eigenvalue weighted by atomic mass is 10.2. The molecule has 0 bridgehead atoms. The minimum absolute atomic E-state index is 0.194. The molecule has 1 amide bonds. The molecule has 2 aromatic heterocycles. The van der Waals surface area contributed by atoms with Gasteiger partial charge in [0.25, 0.3) is 5.91 Å². The summed E-state index contributed by atoms with van der Waals surface area (Å²) in [6.07, 6.45) is 0. The van der Waals surface area contributed by atoms with E-state index in [1.807, 2.05) is 42.5 Å². The van der Waals surface area contributed by atoms with E-state index < -0.39 is 0 Å². The highest BCUT2D eigenvalue weighted by molar-refractivity contribution is 7.21. The minimum Gasteiger partial charge on any atom is -0.491 e. The number of hydrogen-bond acceptors (Lipinski definition) is 6. The van der Waals surface area contributed by atoms with Crippen LogP contribution in [-0.4, -0.2) is 31.2 Å².